The molecule has 0 bridgehead atoms. The van der Waals surface area contributed by atoms with Crippen LogP contribution in [0.5, 0.6) is 0 Å². The van der Waals surface area contributed by atoms with Gasteiger partial charge in [-0.05, 0) is 18.4 Å². The summed E-state index contributed by atoms with van der Waals surface area (Å²) in [6, 6.07) is 15.3. The van der Waals surface area contributed by atoms with Crippen molar-refractivity contribution in [2.75, 3.05) is 24.6 Å². The van der Waals surface area contributed by atoms with Gasteiger partial charge in [0.15, 0.2) is 0 Å². The van der Waals surface area contributed by atoms with Crippen molar-refractivity contribution in [3.05, 3.63) is 42.5 Å². The predicted octanol–water partition coefficient (Wildman–Crippen LogP) is 2.38. The van der Waals surface area contributed by atoms with Crippen molar-refractivity contribution in [3.63, 3.8) is 0 Å². The molecule has 0 spiro atoms. The van der Waals surface area contributed by atoms with Crippen LogP contribution in [0.15, 0.2) is 47.5 Å². The van der Waals surface area contributed by atoms with Crippen LogP contribution in [0, 0.1) is 0 Å². The van der Waals surface area contributed by atoms with Crippen LogP contribution in [0.3, 0.4) is 0 Å². The summed E-state index contributed by atoms with van der Waals surface area (Å²) < 4.78 is 5.24. The molecular formula is C16H19N3O. The molecule has 0 aromatic heterocycles. The molecule has 0 saturated heterocycles. The fourth-order valence-corrected chi connectivity index (χ4v) is 2.67. The molecule has 0 unspecified atom stereocenters. The highest BCUT2D eigenvalue weighted by atomic mass is 16.5. The summed E-state index contributed by atoms with van der Waals surface area (Å²) >= 11 is 0. The van der Waals surface area contributed by atoms with E-state index in [9.17, 15) is 0 Å². The molecule has 1 heterocycles. The normalized spacial score (nSPS) is 17.9. The molecule has 1 atom stereocenters. The van der Waals surface area contributed by atoms with Crippen molar-refractivity contribution in [1.82, 2.24) is 0 Å². The Labute approximate surface area is 118 Å². The standard InChI is InChI=1S/C16H19N3O/c1-2-19(10-13-11-20-16(17)18-13)15-9-5-7-12-6-3-4-8-14(12)15/h3-9,13H,2,10-11H2,1H3,(H2,17,18)/t13-/m0/s1. The first-order valence-electron chi connectivity index (χ1n) is 6.96. The van der Waals surface area contributed by atoms with Gasteiger partial charge in [0.05, 0.1) is 0 Å². The molecule has 1 aliphatic rings. The van der Waals surface area contributed by atoms with Crippen molar-refractivity contribution in [3.8, 4) is 0 Å². The topological polar surface area (TPSA) is 50.9 Å². The number of hydrogen-bond acceptors (Lipinski definition) is 4. The van der Waals surface area contributed by atoms with E-state index in [2.05, 4.69) is 59.3 Å². The number of ether oxygens (including phenoxy) is 1. The Morgan fingerprint density at radius 1 is 1.25 bits per heavy atom. The molecule has 2 N–H and O–H groups in total. The third-order valence-electron chi connectivity index (χ3n) is 3.65. The second-order valence-electron chi connectivity index (χ2n) is 4.97. The molecule has 104 valence electrons. The molecule has 20 heavy (non-hydrogen) atoms. The molecule has 2 aromatic carbocycles. The summed E-state index contributed by atoms with van der Waals surface area (Å²) in [5.41, 5.74) is 6.82. The summed E-state index contributed by atoms with van der Waals surface area (Å²) in [5, 5.41) is 2.53. The summed E-state index contributed by atoms with van der Waals surface area (Å²) in [4.78, 5) is 6.64. The lowest BCUT2D eigenvalue weighted by Gasteiger charge is -2.26. The zero-order valence-corrected chi connectivity index (χ0v) is 11.6. The largest absolute Gasteiger partial charge is 0.463 e. The zero-order valence-electron chi connectivity index (χ0n) is 11.6. The van der Waals surface area contributed by atoms with Gasteiger partial charge in [-0.25, -0.2) is 4.99 Å². The molecule has 0 aliphatic carbocycles. The lowest BCUT2D eigenvalue weighted by atomic mass is 10.1. The minimum atomic E-state index is 0.119. The Bertz CT molecular complexity index is 633. The monoisotopic (exact) mass is 269 g/mol. The quantitative estimate of drug-likeness (QED) is 0.927. The number of fused-ring (bicyclic) bond motifs is 1. The average molecular weight is 269 g/mol. The molecule has 0 fully saturated rings. The van der Waals surface area contributed by atoms with Gasteiger partial charge in [0.25, 0.3) is 6.02 Å². The molecule has 0 radical (unpaired) electrons. The highest BCUT2D eigenvalue weighted by Gasteiger charge is 2.20. The maximum atomic E-state index is 5.58. The molecular weight excluding hydrogens is 250 g/mol. The van der Waals surface area contributed by atoms with E-state index in [0.29, 0.717) is 12.6 Å². The predicted molar refractivity (Wildman–Crippen MR) is 83.2 cm³/mol. The van der Waals surface area contributed by atoms with Crippen LogP contribution in [-0.2, 0) is 4.74 Å². The number of nitrogens with zero attached hydrogens (tertiary/aromatic N) is 2. The van der Waals surface area contributed by atoms with Gasteiger partial charge in [-0.1, -0.05) is 36.4 Å². The fraction of sp³-hybridized carbons (Fsp3) is 0.312. The molecule has 3 rings (SSSR count). The third-order valence-corrected chi connectivity index (χ3v) is 3.65. The van der Waals surface area contributed by atoms with Gasteiger partial charge in [-0.15, -0.1) is 0 Å². The number of hydrogen-bond donors (Lipinski definition) is 1. The molecule has 0 saturated carbocycles. The van der Waals surface area contributed by atoms with Gasteiger partial charge in [-0.2, -0.15) is 0 Å². The first-order chi connectivity index (χ1) is 9.78. The smallest absolute Gasteiger partial charge is 0.282 e. The van der Waals surface area contributed by atoms with E-state index in [0.717, 1.165) is 13.1 Å². The van der Waals surface area contributed by atoms with Crippen LogP contribution in [0.1, 0.15) is 6.92 Å². The lowest BCUT2D eigenvalue weighted by Crippen LogP contribution is -2.32. The first-order valence-corrected chi connectivity index (χ1v) is 6.96. The van der Waals surface area contributed by atoms with Gasteiger partial charge in [0.2, 0.25) is 0 Å². The van der Waals surface area contributed by atoms with Crippen molar-refractivity contribution in [2.24, 2.45) is 10.7 Å². The fourth-order valence-electron chi connectivity index (χ4n) is 2.67. The van der Waals surface area contributed by atoms with Crippen LogP contribution in [-0.4, -0.2) is 31.8 Å². The number of aliphatic imine (C=N–C) groups is 1. The third kappa shape index (κ3) is 2.41. The number of rotatable bonds is 4. The second kappa shape index (κ2) is 5.41. The molecule has 4 nitrogen and oxygen atoms in total. The highest BCUT2D eigenvalue weighted by Crippen LogP contribution is 2.27. The van der Waals surface area contributed by atoms with E-state index in [-0.39, 0.29) is 6.04 Å². The second-order valence-corrected chi connectivity index (χ2v) is 4.97. The lowest BCUT2D eigenvalue weighted by molar-refractivity contribution is 0.313. The van der Waals surface area contributed by atoms with E-state index < -0.39 is 0 Å². The summed E-state index contributed by atoms with van der Waals surface area (Å²) in [5.74, 6) is 0. The van der Waals surface area contributed by atoms with Crippen molar-refractivity contribution in [1.29, 1.82) is 0 Å². The van der Waals surface area contributed by atoms with Crippen LogP contribution in [0.25, 0.3) is 10.8 Å². The van der Waals surface area contributed by atoms with E-state index in [4.69, 9.17) is 10.5 Å². The molecule has 0 amide bonds. The van der Waals surface area contributed by atoms with Gasteiger partial charge in [0, 0.05) is 24.2 Å². The maximum absolute atomic E-state index is 5.58. The number of nitrogens with two attached hydrogens (primary N) is 1. The van der Waals surface area contributed by atoms with Crippen LogP contribution < -0.4 is 10.6 Å². The summed E-state index contributed by atoms with van der Waals surface area (Å²) in [6.45, 7) is 4.49. The number of amidine groups is 1. The summed E-state index contributed by atoms with van der Waals surface area (Å²) in [6.07, 6.45) is 0. The molecule has 1 aliphatic heterocycles. The Hall–Kier alpha value is -2.23. The van der Waals surface area contributed by atoms with E-state index in [1.165, 1.54) is 16.5 Å². The first kappa shape index (κ1) is 12.8. The Balaban J connectivity index is 1.91. The Morgan fingerprint density at radius 3 is 2.80 bits per heavy atom. The van der Waals surface area contributed by atoms with E-state index >= 15 is 0 Å². The Morgan fingerprint density at radius 2 is 2.05 bits per heavy atom. The number of anilines is 1. The minimum absolute atomic E-state index is 0.119. The van der Waals surface area contributed by atoms with E-state index in [1.54, 1.807) is 0 Å². The zero-order chi connectivity index (χ0) is 13.9. The van der Waals surface area contributed by atoms with Crippen molar-refractivity contribution >= 4 is 22.5 Å². The minimum Gasteiger partial charge on any atom is -0.463 e. The average Bonchev–Trinajstić information content (AvgIpc) is 2.89. The van der Waals surface area contributed by atoms with Gasteiger partial charge >= 0.3 is 0 Å². The van der Waals surface area contributed by atoms with Gasteiger partial charge < -0.3 is 15.4 Å². The SMILES string of the molecule is CCN(C[C@H]1COC(N)=N1)c1cccc2ccccc12. The van der Waals surface area contributed by atoms with Gasteiger partial charge in [0.1, 0.15) is 12.6 Å². The van der Waals surface area contributed by atoms with Gasteiger partial charge in [-0.3, -0.25) is 0 Å². The highest BCUT2D eigenvalue weighted by molar-refractivity contribution is 5.94. The van der Waals surface area contributed by atoms with Crippen LogP contribution in [0.2, 0.25) is 0 Å². The Kier molecular flexibility index (Phi) is 3.46. The summed E-state index contributed by atoms with van der Waals surface area (Å²) in [7, 11) is 0. The van der Waals surface area contributed by atoms with Crippen molar-refractivity contribution in [2.45, 2.75) is 13.0 Å². The van der Waals surface area contributed by atoms with Crippen molar-refractivity contribution < 1.29 is 4.74 Å². The maximum Gasteiger partial charge on any atom is 0.282 e. The van der Waals surface area contributed by atoms with E-state index in [1.807, 2.05) is 0 Å². The molecule has 2 aromatic rings. The number of likely N-dealkylation sites (N-methyl/N-ethyl adjacent to an activating group) is 1. The number of benzene rings is 2. The molecule has 4 heteroatoms. The van der Waals surface area contributed by atoms with Crippen LogP contribution in [0.4, 0.5) is 5.69 Å². The van der Waals surface area contributed by atoms with Crippen LogP contribution >= 0.6 is 0 Å².